The zero-order valence-electron chi connectivity index (χ0n) is 8.71. The van der Waals surface area contributed by atoms with Crippen molar-refractivity contribution in [3.8, 4) is 0 Å². The summed E-state index contributed by atoms with van der Waals surface area (Å²) in [6.45, 7) is 4.37. The molecule has 0 fully saturated rings. The molecule has 0 N–H and O–H groups in total. The molecule has 1 aliphatic rings. The van der Waals surface area contributed by atoms with Crippen LogP contribution in [0.3, 0.4) is 0 Å². The summed E-state index contributed by atoms with van der Waals surface area (Å²) in [5.41, 5.74) is -0.411. The van der Waals surface area contributed by atoms with Crippen LogP contribution in [0.25, 0.3) is 0 Å². The van der Waals surface area contributed by atoms with Crippen molar-refractivity contribution in [2.24, 2.45) is 5.41 Å². The van der Waals surface area contributed by atoms with E-state index in [-0.39, 0.29) is 5.78 Å². The van der Waals surface area contributed by atoms with Gasteiger partial charge in [-0.2, -0.15) is 0 Å². The maximum atomic E-state index is 11.6. The SMILES string of the molecule is CCOC1=CC(=O)C(C)(CCC=O)C1. The Labute approximate surface area is 84.1 Å². The molecule has 14 heavy (non-hydrogen) atoms. The van der Waals surface area contributed by atoms with Gasteiger partial charge in [-0.15, -0.1) is 0 Å². The summed E-state index contributed by atoms with van der Waals surface area (Å²) in [5, 5.41) is 0. The van der Waals surface area contributed by atoms with Gasteiger partial charge in [-0.05, 0) is 13.3 Å². The summed E-state index contributed by atoms with van der Waals surface area (Å²) in [5.74, 6) is 0.841. The number of hydrogen-bond acceptors (Lipinski definition) is 3. The minimum Gasteiger partial charge on any atom is -0.498 e. The van der Waals surface area contributed by atoms with Gasteiger partial charge < -0.3 is 9.53 Å². The van der Waals surface area contributed by atoms with E-state index in [4.69, 9.17) is 4.74 Å². The van der Waals surface area contributed by atoms with E-state index in [0.29, 0.717) is 25.9 Å². The Morgan fingerprint density at radius 3 is 2.93 bits per heavy atom. The molecule has 1 unspecified atom stereocenters. The van der Waals surface area contributed by atoms with Crippen molar-refractivity contribution in [1.29, 1.82) is 0 Å². The van der Waals surface area contributed by atoms with Gasteiger partial charge in [-0.25, -0.2) is 0 Å². The third-order valence-corrected chi connectivity index (χ3v) is 2.60. The van der Waals surface area contributed by atoms with Crippen LogP contribution in [0, 0.1) is 5.41 Å². The highest BCUT2D eigenvalue weighted by atomic mass is 16.5. The van der Waals surface area contributed by atoms with Gasteiger partial charge in [0.25, 0.3) is 0 Å². The van der Waals surface area contributed by atoms with Crippen LogP contribution in [0.15, 0.2) is 11.8 Å². The van der Waals surface area contributed by atoms with E-state index >= 15 is 0 Å². The van der Waals surface area contributed by atoms with Crippen LogP contribution in [0.1, 0.15) is 33.1 Å². The van der Waals surface area contributed by atoms with Gasteiger partial charge in [-0.3, -0.25) is 4.79 Å². The van der Waals surface area contributed by atoms with E-state index in [1.807, 2.05) is 13.8 Å². The average molecular weight is 196 g/mol. The van der Waals surface area contributed by atoms with Crippen molar-refractivity contribution in [2.75, 3.05) is 6.61 Å². The maximum Gasteiger partial charge on any atom is 0.165 e. The Bertz CT molecular complexity index is 268. The largest absolute Gasteiger partial charge is 0.498 e. The lowest BCUT2D eigenvalue weighted by Crippen LogP contribution is -2.22. The number of hydrogen-bond donors (Lipinski definition) is 0. The number of carbonyl (C=O) groups excluding carboxylic acids is 2. The Balaban J connectivity index is 2.59. The molecule has 3 nitrogen and oxygen atoms in total. The number of allylic oxidation sites excluding steroid dienone is 2. The average Bonchev–Trinajstić information content (AvgIpc) is 2.41. The van der Waals surface area contributed by atoms with Crippen LogP contribution in [0.5, 0.6) is 0 Å². The Morgan fingerprint density at radius 1 is 1.64 bits per heavy atom. The van der Waals surface area contributed by atoms with E-state index in [1.54, 1.807) is 6.08 Å². The maximum absolute atomic E-state index is 11.6. The molecule has 1 atom stereocenters. The van der Waals surface area contributed by atoms with E-state index in [9.17, 15) is 9.59 Å². The lowest BCUT2D eigenvalue weighted by atomic mass is 9.82. The molecule has 0 aliphatic heterocycles. The Kier molecular flexibility index (Phi) is 3.44. The van der Waals surface area contributed by atoms with Crippen LogP contribution in [-0.2, 0) is 14.3 Å². The fourth-order valence-corrected chi connectivity index (χ4v) is 1.71. The summed E-state index contributed by atoms with van der Waals surface area (Å²) in [6.07, 6.45) is 4.11. The minimum atomic E-state index is -0.411. The van der Waals surface area contributed by atoms with Crippen LogP contribution in [0.2, 0.25) is 0 Å². The van der Waals surface area contributed by atoms with Gasteiger partial charge in [0.05, 0.1) is 6.61 Å². The van der Waals surface area contributed by atoms with Crippen molar-refractivity contribution in [3.05, 3.63) is 11.8 Å². The zero-order chi connectivity index (χ0) is 10.6. The molecule has 0 aromatic carbocycles. The monoisotopic (exact) mass is 196 g/mol. The van der Waals surface area contributed by atoms with Gasteiger partial charge in [0.15, 0.2) is 5.78 Å². The van der Waals surface area contributed by atoms with E-state index in [1.165, 1.54) is 0 Å². The molecule has 78 valence electrons. The van der Waals surface area contributed by atoms with Crippen LogP contribution in [-0.4, -0.2) is 18.7 Å². The number of ketones is 1. The summed E-state index contributed by atoms with van der Waals surface area (Å²) in [4.78, 5) is 21.9. The van der Waals surface area contributed by atoms with Gasteiger partial charge in [0.1, 0.15) is 12.0 Å². The summed E-state index contributed by atoms with van der Waals surface area (Å²) < 4.78 is 5.30. The highest BCUT2D eigenvalue weighted by Crippen LogP contribution is 2.38. The van der Waals surface area contributed by atoms with Crippen LogP contribution < -0.4 is 0 Å². The third kappa shape index (κ3) is 2.22. The summed E-state index contributed by atoms with van der Waals surface area (Å²) in [7, 11) is 0. The van der Waals surface area contributed by atoms with Gasteiger partial charge >= 0.3 is 0 Å². The minimum absolute atomic E-state index is 0.0859. The molecular formula is C11H16O3. The molecule has 0 saturated carbocycles. The second-order valence-corrected chi connectivity index (χ2v) is 3.85. The predicted octanol–water partition coefficient (Wildman–Crippen LogP) is 1.86. The first-order valence-corrected chi connectivity index (χ1v) is 4.94. The molecule has 0 spiro atoms. The van der Waals surface area contributed by atoms with E-state index in [0.717, 1.165) is 12.0 Å². The number of carbonyl (C=O) groups is 2. The van der Waals surface area contributed by atoms with Crippen molar-refractivity contribution in [3.63, 3.8) is 0 Å². The van der Waals surface area contributed by atoms with Crippen molar-refractivity contribution < 1.29 is 14.3 Å². The topological polar surface area (TPSA) is 43.4 Å². The summed E-state index contributed by atoms with van der Waals surface area (Å²) >= 11 is 0. The lowest BCUT2D eigenvalue weighted by molar-refractivity contribution is -0.122. The van der Waals surface area contributed by atoms with Crippen molar-refractivity contribution in [2.45, 2.75) is 33.1 Å². The molecule has 3 heteroatoms. The fraction of sp³-hybridized carbons (Fsp3) is 0.636. The molecular weight excluding hydrogens is 180 g/mol. The number of aldehydes is 1. The van der Waals surface area contributed by atoms with Gasteiger partial charge in [0.2, 0.25) is 0 Å². The predicted molar refractivity (Wildman–Crippen MR) is 52.7 cm³/mol. The second kappa shape index (κ2) is 4.40. The zero-order valence-corrected chi connectivity index (χ0v) is 8.71. The highest BCUT2D eigenvalue weighted by Gasteiger charge is 2.38. The van der Waals surface area contributed by atoms with Gasteiger partial charge in [0, 0.05) is 24.3 Å². The number of rotatable bonds is 5. The van der Waals surface area contributed by atoms with Crippen LogP contribution >= 0.6 is 0 Å². The van der Waals surface area contributed by atoms with Crippen LogP contribution in [0.4, 0.5) is 0 Å². The first-order valence-electron chi connectivity index (χ1n) is 4.94. The molecule has 0 saturated heterocycles. The summed E-state index contributed by atoms with van der Waals surface area (Å²) in [6, 6.07) is 0. The molecule has 0 aromatic rings. The lowest BCUT2D eigenvalue weighted by Gasteiger charge is -2.20. The van der Waals surface area contributed by atoms with Gasteiger partial charge in [-0.1, -0.05) is 6.92 Å². The normalized spacial score (nSPS) is 26.1. The molecule has 0 amide bonds. The van der Waals surface area contributed by atoms with Crippen molar-refractivity contribution >= 4 is 12.1 Å². The standard InChI is InChI=1S/C11H16O3/c1-3-14-9-7-10(13)11(2,8-9)5-4-6-12/h6-7H,3-5,8H2,1-2H3. The first-order chi connectivity index (χ1) is 6.62. The molecule has 1 aliphatic carbocycles. The second-order valence-electron chi connectivity index (χ2n) is 3.85. The molecule has 1 rings (SSSR count). The molecule has 0 bridgehead atoms. The Morgan fingerprint density at radius 2 is 2.36 bits per heavy atom. The van der Waals surface area contributed by atoms with Crippen molar-refractivity contribution in [1.82, 2.24) is 0 Å². The number of ether oxygens (including phenoxy) is 1. The molecule has 0 heterocycles. The quantitative estimate of drug-likeness (QED) is 0.630. The first kappa shape index (κ1) is 11.0. The highest BCUT2D eigenvalue weighted by molar-refractivity contribution is 5.97. The fourth-order valence-electron chi connectivity index (χ4n) is 1.71. The smallest absolute Gasteiger partial charge is 0.165 e. The molecule has 0 aromatic heterocycles. The molecule has 0 radical (unpaired) electrons. The van der Waals surface area contributed by atoms with E-state index in [2.05, 4.69) is 0 Å². The third-order valence-electron chi connectivity index (χ3n) is 2.60. The Hall–Kier alpha value is -1.12. The van der Waals surface area contributed by atoms with E-state index < -0.39 is 5.41 Å².